The highest BCUT2D eigenvalue weighted by molar-refractivity contribution is 5.93. The van der Waals surface area contributed by atoms with Gasteiger partial charge in [-0.05, 0) is 24.1 Å². The van der Waals surface area contributed by atoms with Crippen molar-refractivity contribution in [2.75, 3.05) is 38.0 Å². The molecule has 1 saturated heterocycles. The molecule has 7 nitrogen and oxygen atoms in total. The molecule has 1 aromatic heterocycles. The standard InChI is InChI=1S/C19H22FN5O2/c1-14(26)24-8-10-25(11-9-24)19(27)17-12-18(23-13-22-17)21-7-6-15-2-4-16(20)5-3-15/h2-5,12-13H,6-11H2,1H3,(H,21,22,23). The topological polar surface area (TPSA) is 78.4 Å². The van der Waals surface area contributed by atoms with Gasteiger partial charge in [0.15, 0.2) is 0 Å². The zero-order chi connectivity index (χ0) is 19.2. The van der Waals surface area contributed by atoms with Crippen LogP contribution in [0.3, 0.4) is 0 Å². The first kappa shape index (κ1) is 18.8. The number of carbonyl (C=O) groups is 2. The van der Waals surface area contributed by atoms with Crippen LogP contribution in [-0.2, 0) is 11.2 Å². The molecule has 0 bridgehead atoms. The van der Waals surface area contributed by atoms with Crippen molar-refractivity contribution >= 4 is 17.6 Å². The van der Waals surface area contributed by atoms with Crippen molar-refractivity contribution in [1.29, 1.82) is 0 Å². The lowest BCUT2D eigenvalue weighted by molar-refractivity contribution is -0.130. The molecule has 2 aromatic rings. The van der Waals surface area contributed by atoms with Crippen LogP contribution in [0.1, 0.15) is 23.0 Å². The average molecular weight is 371 g/mol. The van der Waals surface area contributed by atoms with E-state index in [1.54, 1.807) is 28.0 Å². The predicted octanol–water partition coefficient (Wildman–Crippen LogP) is 1.57. The Hall–Kier alpha value is -3.03. The highest BCUT2D eigenvalue weighted by atomic mass is 19.1. The van der Waals surface area contributed by atoms with E-state index in [4.69, 9.17) is 0 Å². The van der Waals surface area contributed by atoms with Crippen LogP contribution in [0.15, 0.2) is 36.7 Å². The summed E-state index contributed by atoms with van der Waals surface area (Å²) in [4.78, 5) is 35.7. The van der Waals surface area contributed by atoms with Crippen LogP contribution in [0.25, 0.3) is 0 Å². The number of hydrogen-bond donors (Lipinski definition) is 1. The van der Waals surface area contributed by atoms with Crippen molar-refractivity contribution in [2.45, 2.75) is 13.3 Å². The second-order valence-electron chi connectivity index (χ2n) is 6.39. The normalized spacial score (nSPS) is 14.1. The van der Waals surface area contributed by atoms with Crippen LogP contribution >= 0.6 is 0 Å². The number of benzene rings is 1. The van der Waals surface area contributed by atoms with E-state index in [1.807, 2.05) is 0 Å². The zero-order valence-corrected chi connectivity index (χ0v) is 15.2. The quantitative estimate of drug-likeness (QED) is 0.863. The number of anilines is 1. The van der Waals surface area contributed by atoms with Crippen molar-refractivity contribution in [3.8, 4) is 0 Å². The monoisotopic (exact) mass is 371 g/mol. The van der Waals surface area contributed by atoms with E-state index in [2.05, 4.69) is 15.3 Å². The predicted molar refractivity (Wildman–Crippen MR) is 98.8 cm³/mol. The fourth-order valence-electron chi connectivity index (χ4n) is 2.94. The summed E-state index contributed by atoms with van der Waals surface area (Å²) < 4.78 is 12.9. The average Bonchev–Trinajstić information content (AvgIpc) is 2.69. The van der Waals surface area contributed by atoms with E-state index in [9.17, 15) is 14.0 Å². The van der Waals surface area contributed by atoms with Crippen LogP contribution in [0.2, 0.25) is 0 Å². The number of nitrogens with zero attached hydrogens (tertiary/aromatic N) is 4. The van der Waals surface area contributed by atoms with Gasteiger partial charge in [-0.1, -0.05) is 12.1 Å². The molecule has 0 spiro atoms. The molecule has 142 valence electrons. The molecule has 1 aliphatic rings. The number of carbonyl (C=O) groups excluding carboxylic acids is 2. The third kappa shape index (κ3) is 4.99. The molecule has 1 aromatic carbocycles. The Morgan fingerprint density at radius 1 is 1.07 bits per heavy atom. The fourth-order valence-corrected chi connectivity index (χ4v) is 2.94. The van der Waals surface area contributed by atoms with Gasteiger partial charge in [0.2, 0.25) is 5.91 Å². The number of aromatic nitrogens is 2. The Labute approximate surface area is 157 Å². The van der Waals surface area contributed by atoms with E-state index in [0.717, 1.165) is 5.56 Å². The van der Waals surface area contributed by atoms with Crippen LogP contribution < -0.4 is 5.32 Å². The third-order valence-electron chi connectivity index (χ3n) is 4.53. The molecule has 0 radical (unpaired) electrons. The first-order valence-electron chi connectivity index (χ1n) is 8.88. The Kier molecular flexibility index (Phi) is 5.95. The van der Waals surface area contributed by atoms with Crippen LogP contribution in [0, 0.1) is 5.82 Å². The lowest BCUT2D eigenvalue weighted by Crippen LogP contribution is -2.50. The molecule has 0 saturated carbocycles. The van der Waals surface area contributed by atoms with Gasteiger partial charge in [-0.3, -0.25) is 9.59 Å². The van der Waals surface area contributed by atoms with E-state index in [-0.39, 0.29) is 17.6 Å². The summed E-state index contributed by atoms with van der Waals surface area (Å²) in [6.45, 7) is 4.20. The summed E-state index contributed by atoms with van der Waals surface area (Å²) in [5, 5.41) is 3.16. The Morgan fingerprint density at radius 3 is 2.41 bits per heavy atom. The number of nitrogens with one attached hydrogen (secondary N) is 1. The zero-order valence-electron chi connectivity index (χ0n) is 15.2. The lowest BCUT2D eigenvalue weighted by Gasteiger charge is -2.34. The Balaban J connectivity index is 1.54. The van der Waals surface area contributed by atoms with E-state index < -0.39 is 0 Å². The smallest absolute Gasteiger partial charge is 0.272 e. The van der Waals surface area contributed by atoms with Crippen LogP contribution in [0.5, 0.6) is 0 Å². The minimum Gasteiger partial charge on any atom is -0.370 e. The number of rotatable bonds is 5. The fraction of sp³-hybridized carbons (Fsp3) is 0.368. The second kappa shape index (κ2) is 8.57. The van der Waals surface area contributed by atoms with E-state index in [1.165, 1.54) is 25.4 Å². The molecule has 3 rings (SSSR count). The summed E-state index contributed by atoms with van der Waals surface area (Å²) in [5.74, 6) is 0.173. The van der Waals surface area contributed by atoms with Gasteiger partial charge >= 0.3 is 0 Å². The molecular weight excluding hydrogens is 349 g/mol. The molecule has 1 fully saturated rings. The van der Waals surface area contributed by atoms with Gasteiger partial charge in [0.1, 0.15) is 23.7 Å². The maximum Gasteiger partial charge on any atom is 0.272 e. The molecule has 2 amide bonds. The number of amides is 2. The van der Waals surface area contributed by atoms with Gasteiger partial charge in [0.25, 0.3) is 5.91 Å². The molecule has 0 atom stereocenters. The van der Waals surface area contributed by atoms with Crippen molar-refractivity contribution in [3.05, 3.63) is 53.7 Å². The summed E-state index contributed by atoms with van der Waals surface area (Å²) in [6, 6.07) is 7.98. The van der Waals surface area contributed by atoms with Crippen molar-refractivity contribution in [1.82, 2.24) is 19.8 Å². The van der Waals surface area contributed by atoms with Crippen molar-refractivity contribution in [3.63, 3.8) is 0 Å². The third-order valence-corrected chi connectivity index (χ3v) is 4.53. The van der Waals surface area contributed by atoms with Crippen LogP contribution in [-0.4, -0.2) is 64.3 Å². The maximum absolute atomic E-state index is 12.9. The summed E-state index contributed by atoms with van der Waals surface area (Å²) in [6.07, 6.45) is 2.07. The molecule has 1 aliphatic heterocycles. The molecule has 8 heteroatoms. The SMILES string of the molecule is CC(=O)N1CCN(C(=O)c2cc(NCCc3ccc(F)cc3)ncn2)CC1. The minimum absolute atomic E-state index is 0.0248. The summed E-state index contributed by atoms with van der Waals surface area (Å²) in [7, 11) is 0. The molecule has 1 N–H and O–H groups in total. The molecule has 0 unspecified atom stereocenters. The molecular formula is C19H22FN5O2. The number of halogens is 1. The first-order valence-corrected chi connectivity index (χ1v) is 8.88. The van der Waals surface area contributed by atoms with E-state index >= 15 is 0 Å². The minimum atomic E-state index is -0.255. The highest BCUT2D eigenvalue weighted by Gasteiger charge is 2.24. The maximum atomic E-state index is 12.9. The van der Waals surface area contributed by atoms with Gasteiger partial charge in [-0.2, -0.15) is 0 Å². The highest BCUT2D eigenvalue weighted by Crippen LogP contribution is 2.11. The summed E-state index contributed by atoms with van der Waals surface area (Å²) >= 11 is 0. The lowest BCUT2D eigenvalue weighted by atomic mass is 10.1. The van der Waals surface area contributed by atoms with E-state index in [0.29, 0.717) is 50.7 Å². The van der Waals surface area contributed by atoms with Crippen molar-refractivity contribution in [2.24, 2.45) is 0 Å². The molecule has 2 heterocycles. The Bertz CT molecular complexity index is 804. The van der Waals surface area contributed by atoms with Gasteiger partial charge < -0.3 is 15.1 Å². The van der Waals surface area contributed by atoms with Gasteiger partial charge in [-0.25, -0.2) is 14.4 Å². The van der Waals surface area contributed by atoms with Gasteiger partial charge in [0, 0.05) is 45.7 Å². The Morgan fingerprint density at radius 2 is 1.74 bits per heavy atom. The second-order valence-corrected chi connectivity index (χ2v) is 6.39. The number of hydrogen-bond acceptors (Lipinski definition) is 5. The van der Waals surface area contributed by atoms with Crippen LogP contribution in [0.4, 0.5) is 10.2 Å². The molecule has 27 heavy (non-hydrogen) atoms. The van der Waals surface area contributed by atoms with Crippen molar-refractivity contribution < 1.29 is 14.0 Å². The molecule has 0 aliphatic carbocycles. The largest absolute Gasteiger partial charge is 0.370 e. The van der Waals surface area contributed by atoms with Gasteiger partial charge in [-0.15, -0.1) is 0 Å². The first-order chi connectivity index (χ1) is 13.0. The number of piperazine rings is 1. The van der Waals surface area contributed by atoms with Gasteiger partial charge in [0.05, 0.1) is 0 Å². The summed E-state index contributed by atoms with van der Waals surface area (Å²) in [5.41, 5.74) is 1.34.